The van der Waals surface area contributed by atoms with E-state index in [4.69, 9.17) is 10.5 Å². The lowest BCUT2D eigenvalue weighted by atomic mass is 9.92. The topological polar surface area (TPSA) is 38.5 Å². The van der Waals surface area contributed by atoms with E-state index in [0.29, 0.717) is 12.0 Å². The molecule has 1 aliphatic heterocycles. The fourth-order valence-corrected chi connectivity index (χ4v) is 3.19. The van der Waals surface area contributed by atoms with Gasteiger partial charge in [-0.3, -0.25) is 4.90 Å². The molecule has 2 N–H and O–H groups in total. The number of ether oxygens (including phenoxy) is 1. The van der Waals surface area contributed by atoms with E-state index >= 15 is 0 Å². The van der Waals surface area contributed by atoms with Gasteiger partial charge in [-0.15, -0.1) is 0 Å². The summed E-state index contributed by atoms with van der Waals surface area (Å²) in [6.07, 6.45) is 1.17. The number of likely N-dealkylation sites (tertiary alicyclic amines) is 1. The average Bonchev–Trinajstić information content (AvgIpc) is 2.70. The standard InChI is InChI=1S/C15H24N2O/c1-10-5-13(18-4)6-11(2)15(10)14-7-12(8-16)9-17(14)3/h5-6,12,14H,7-9,16H2,1-4H3. The minimum absolute atomic E-state index is 0.504. The Bertz CT molecular complexity index is 407. The van der Waals surface area contributed by atoms with E-state index in [1.165, 1.54) is 23.1 Å². The van der Waals surface area contributed by atoms with Gasteiger partial charge >= 0.3 is 0 Å². The van der Waals surface area contributed by atoms with Gasteiger partial charge in [0.25, 0.3) is 0 Å². The first-order valence-corrected chi connectivity index (χ1v) is 6.62. The highest BCUT2D eigenvalue weighted by Gasteiger charge is 2.31. The maximum absolute atomic E-state index is 5.81. The van der Waals surface area contributed by atoms with Crippen molar-refractivity contribution in [1.29, 1.82) is 0 Å². The summed E-state index contributed by atoms with van der Waals surface area (Å²) in [6.45, 7) is 6.24. The van der Waals surface area contributed by atoms with Crippen LogP contribution in [0.25, 0.3) is 0 Å². The molecular formula is C15H24N2O. The summed E-state index contributed by atoms with van der Waals surface area (Å²) in [5, 5.41) is 0. The SMILES string of the molecule is COc1cc(C)c(C2CC(CN)CN2C)c(C)c1. The third kappa shape index (κ3) is 2.38. The van der Waals surface area contributed by atoms with E-state index in [-0.39, 0.29) is 0 Å². The fraction of sp³-hybridized carbons (Fsp3) is 0.600. The lowest BCUT2D eigenvalue weighted by Gasteiger charge is -2.24. The Morgan fingerprint density at radius 1 is 1.33 bits per heavy atom. The summed E-state index contributed by atoms with van der Waals surface area (Å²) in [7, 11) is 3.92. The van der Waals surface area contributed by atoms with Crippen LogP contribution in [0.15, 0.2) is 12.1 Å². The first kappa shape index (κ1) is 13.4. The molecule has 3 heteroatoms. The molecule has 2 atom stereocenters. The Hall–Kier alpha value is -1.06. The molecule has 0 aromatic heterocycles. The van der Waals surface area contributed by atoms with Crippen molar-refractivity contribution < 1.29 is 4.74 Å². The number of nitrogens with zero attached hydrogens (tertiary/aromatic N) is 1. The van der Waals surface area contributed by atoms with Crippen molar-refractivity contribution in [1.82, 2.24) is 4.90 Å². The molecule has 0 radical (unpaired) electrons. The van der Waals surface area contributed by atoms with Gasteiger partial charge in [0.1, 0.15) is 5.75 Å². The average molecular weight is 248 g/mol. The molecule has 0 amide bonds. The summed E-state index contributed by atoms with van der Waals surface area (Å²) in [4.78, 5) is 2.43. The van der Waals surface area contributed by atoms with E-state index in [1.54, 1.807) is 7.11 Å². The molecule has 18 heavy (non-hydrogen) atoms. The molecule has 0 aliphatic carbocycles. The van der Waals surface area contributed by atoms with Gasteiger partial charge in [-0.1, -0.05) is 0 Å². The normalized spacial score (nSPS) is 24.5. The summed E-state index contributed by atoms with van der Waals surface area (Å²) in [6, 6.07) is 4.77. The fourth-order valence-electron chi connectivity index (χ4n) is 3.19. The van der Waals surface area contributed by atoms with Gasteiger partial charge in [-0.05, 0) is 68.6 Å². The lowest BCUT2D eigenvalue weighted by molar-refractivity contribution is 0.311. The smallest absolute Gasteiger partial charge is 0.119 e. The van der Waals surface area contributed by atoms with Gasteiger partial charge in [-0.2, -0.15) is 0 Å². The molecule has 1 aromatic carbocycles. The van der Waals surface area contributed by atoms with Crippen LogP contribution in [-0.2, 0) is 0 Å². The van der Waals surface area contributed by atoms with Crippen molar-refractivity contribution in [3.05, 3.63) is 28.8 Å². The van der Waals surface area contributed by atoms with Crippen LogP contribution in [0.1, 0.15) is 29.2 Å². The van der Waals surface area contributed by atoms with Crippen LogP contribution < -0.4 is 10.5 Å². The molecule has 100 valence electrons. The van der Waals surface area contributed by atoms with E-state index in [0.717, 1.165) is 18.8 Å². The maximum atomic E-state index is 5.81. The molecule has 1 aromatic rings. The minimum atomic E-state index is 0.504. The van der Waals surface area contributed by atoms with E-state index < -0.39 is 0 Å². The minimum Gasteiger partial charge on any atom is -0.497 e. The summed E-state index contributed by atoms with van der Waals surface area (Å²) in [5.41, 5.74) is 9.91. The number of benzene rings is 1. The van der Waals surface area contributed by atoms with E-state index in [2.05, 4.69) is 37.9 Å². The zero-order chi connectivity index (χ0) is 13.3. The molecule has 2 rings (SSSR count). The molecule has 1 aliphatic rings. The lowest BCUT2D eigenvalue weighted by Crippen LogP contribution is -2.21. The van der Waals surface area contributed by atoms with Gasteiger partial charge in [0, 0.05) is 12.6 Å². The van der Waals surface area contributed by atoms with Gasteiger partial charge in [-0.25, -0.2) is 0 Å². The van der Waals surface area contributed by atoms with Crippen molar-refractivity contribution in [2.24, 2.45) is 11.7 Å². The largest absolute Gasteiger partial charge is 0.497 e. The van der Waals surface area contributed by atoms with Gasteiger partial charge in [0.15, 0.2) is 0 Å². The van der Waals surface area contributed by atoms with E-state index in [1.807, 2.05) is 0 Å². The van der Waals surface area contributed by atoms with Crippen molar-refractivity contribution in [2.75, 3.05) is 27.2 Å². The predicted octanol–water partition coefficient (Wildman–Crippen LogP) is 2.26. The highest BCUT2D eigenvalue weighted by atomic mass is 16.5. The second kappa shape index (κ2) is 5.29. The highest BCUT2D eigenvalue weighted by Crippen LogP contribution is 2.38. The van der Waals surface area contributed by atoms with Gasteiger partial charge in [0.05, 0.1) is 7.11 Å². The molecule has 0 saturated carbocycles. The predicted molar refractivity (Wildman–Crippen MR) is 75.0 cm³/mol. The summed E-state index contributed by atoms with van der Waals surface area (Å²) >= 11 is 0. The Kier molecular flexibility index (Phi) is 3.93. The number of aryl methyl sites for hydroxylation is 2. The van der Waals surface area contributed by atoms with Crippen LogP contribution in [0.3, 0.4) is 0 Å². The molecule has 0 bridgehead atoms. The zero-order valence-electron chi connectivity index (χ0n) is 11.9. The Morgan fingerprint density at radius 2 is 1.94 bits per heavy atom. The molecule has 3 nitrogen and oxygen atoms in total. The number of hydrogen-bond donors (Lipinski definition) is 1. The van der Waals surface area contributed by atoms with Crippen LogP contribution in [0, 0.1) is 19.8 Å². The second-order valence-electron chi connectivity index (χ2n) is 5.47. The van der Waals surface area contributed by atoms with Crippen LogP contribution in [0.2, 0.25) is 0 Å². The third-order valence-electron chi connectivity index (χ3n) is 4.10. The van der Waals surface area contributed by atoms with Crippen LogP contribution in [-0.4, -0.2) is 32.1 Å². The molecule has 1 fully saturated rings. The van der Waals surface area contributed by atoms with Crippen molar-refractivity contribution in [3.8, 4) is 5.75 Å². The first-order chi connectivity index (χ1) is 8.56. The van der Waals surface area contributed by atoms with Crippen molar-refractivity contribution >= 4 is 0 Å². The Labute approximate surface area is 110 Å². The monoisotopic (exact) mass is 248 g/mol. The van der Waals surface area contributed by atoms with Crippen molar-refractivity contribution in [2.45, 2.75) is 26.3 Å². The van der Waals surface area contributed by atoms with E-state index in [9.17, 15) is 0 Å². The quantitative estimate of drug-likeness (QED) is 0.891. The van der Waals surface area contributed by atoms with Crippen LogP contribution >= 0.6 is 0 Å². The Balaban J connectivity index is 2.34. The highest BCUT2D eigenvalue weighted by molar-refractivity contribution is 5.43. The number of rotatable bonds is 3. The second-order valence-corrected chi connectivity index (χ2v) is 5.47. The van der Waals surface area contributed by atoms with Gasteiger partial charge in [0.2, 0.25) is 0 Å². The summed E-state index contributed by atoms with van der Waals surface area (Å²) < 4.78 is 5.33. The van der Waals surface area contributed by atoms with Crippen LogP contribution in [0.4, 0.5) is 0 Å². The number of nitrogens with two attached hydrogens (primary N) is 1. The Morgan fingerprint density at radius 3 is 2.39 bits per heavy atom. The molecule has 2 unspecified atom stereocenters. The molecule has 0 spiro atoms. The molecular weight excluding hydrogens is 224 g/mol. The molecule has 1 saturated heterocycles. The zero-order valence-corrected chi connectivity index (χ0v) is 11.9. The third-order valence-corrected chi connectivity index (χ3v) is 4.10. The van der Waals surface area contributed by atoms with Gasteiger partial charge < -0.3 is 10.5 Å². The maximum Gasteiger partial charge on any atom is 0.119 e. The van der Waals surface area contributed by atoms with Crippen molar-refractivity contribution in [3.63, 3.8) is 0 Å². The number of hydrogen-bond acceptors (Lipinski definition) is 3. The van der Waals surface area contributed by atoms with Crippen LogP contribution in [0.5, 0.6) is 5.75 Å². The summed E-state index contributed by atoms with van der Waals surface area (Å²) in [5.74, 6) is 1.57. The molecule has 1 heterocycles. The first-order valence-electron chi connectivity index (χ1n) is 6.62. The number of methoxy groups -OCH3 is 1.